The van der Waals surface area contributed by atoms with Gasteiger partial charge in [0.1, 0.15) is 11.9 Å². The van der Waals surface area contributed by atoms with Gasteiger partial charge in [-0.2, -0.15) is 0 Å². The van der Waals surface area contributed by atoms with Gasteiger partial charge in [-0.05, 0) is 18.2 Å². The quantitative estimate of drug-likeness (QED) is 0.473. The molecule has 0 N–H and O–H groups in total. The summed E-state index contributed by atoms with van der Waals surface area (Å²) in [5.41, 5.74) is 1.08. The number of aromatic nitrogens is 2. The molecule has 2 heterocycles. The molecule has 0 atom stereocenters. The molecule has 0 unspecified atom stereocenters. The van der Waals surface area contributed by atoms with E-state index in [1.54, 1.807) is 6.20 Å². The van der Waals surface area contributed by atoms with E-state index in [0.717, 1.165) is 17.5 Å². The van der Waals surface area contributed by atoms with Crippen LogP contribution in [0, 0.1) is 0 Å². The number of rotatable bonds is 5. The maximum Gasteiger partial charge on any atom is 0.138 e. The largest absolute Gasteiger partial charge is 0.361 e. The molecule has 0 bridgehead atoms. The molecule has 0 aliphatic carbocycles. The summed E-state index contributed by atoms with van der Waals surface area (Å²) in [6.07, 6.45) is 3.72. The van der Waals surface area contributed by atoms with Crippen LogP contribution in [0.1, 0.15) is 0 Å². The molecule has 5 heteroatoms. The number of halogens is 1. The van der Waals surface area contributed by atoms with Crippen molar-refractivity contribution in [3.63, 3.8) is 0 Å². The zero-order chi connectivity index (χ0) is 12.3. The van der Waals surface area contributed by atoms with Gasteiger partial charge in [-0.1, -0.05) is 24.7 Å². The van der Waals surface area contributed by atoms with Crippen LogP contribution < -0.4 is 0 Å². The molecule has 0 radical (unpaired) electrons. The van der Waals surface area contributed by atoms with Crippen molar-refractivity contribution in [2.24, 2.45) is 0 Å². The van der Waals surface area contributed by atoms with Crippen LogP contribution in [0.3, 0.4) is 0 Å². The summed E-state index contributed by atoms with van der Waals surface area (Å²) in [6.45, 7) is 6.10. The van der Waals surface area contributed by atoms with Crippen molar-refractivity contribution >= 4 is 31.3 Å². The van der Waals surface area contributed by atoms with E-state index in [9.17, 15) is 0 Å². The summed E-state index contributed by atoms with van der Waals surface area (Å²) >= 11 is 6.01. The molecule has 2 aromatic heterocycles. The van der Waals surface area contributed by atoms with Crippen molar-refractivity contribution in [3.05, 3.63) is 29.7 Å². The highest BCUT2D eigenvalue weighted by Crippen LogP contribution is 2.21. The molecule has 0 spiro atoms. The maximum atomic E-state index is 6.01. The second kappa shape index (κ2) is 5.66. The van der Waals surface area contributed by atoms with Crippen LogP contribution in [0.2, 0.25) is 24.3 Å². The zero-order valence-electron chi connectivity index (χ0n) is 10.2. The zero-order valence-corrected chi connectivity index (χ0v) is 12.1. The van der Waals surface area contributed by atoms with E-state index in [1.165, 1.54) is 6.04 Å². The number of nitrogens with zero attached hydrogens (tertiary/aromatic N) is 2. The fourth-order valence-electron chi connectivity index (χ4n) is 1.68. The van der Waals surface area contributed by atoms with Crippen molar-refractivity contribution in [1.82, 2.24) is 9.55 Å². The minimum Gasteiger partial charge on any atom is -0.361 e. The van der Waals surface area contributed by atoms with Crippen molar-refractivity contribution in [2.75, 3.05) is 6.61 Å². The average Bonchev–Trinajstić information content (AvgIpc) is 2.69. The Morgan fingerprint density at radius 1 is 1.41 bits per heavy atom. The summed E-state index contributed by atoms with van der Waals surface area (Å²) < 4.78 is 7.73. The molecule has 0 saturated heterocycles. The smallest absolute Gasteiger partial charge is 0.138 e. The Bertz CT molecular complexity index is 498. The minimum absolute atomic E-state index is 0.504. The van der Waals surface area contributed by atoms with Gasteiger partial charge >= 0.3 is 0 Å². The van der Waals surface area contributed by atoms with Gasteiger partial charge in [-0.15, -0.1) is 0 Å². The minimum atomic E-state index is -0.504. The molecule has 0 aromatic carbocycles. The number of ether oxygens (including phenoxy) is 1. The van der Waals surface area contributed by atoms with Crippen LogP contribution in [0.25, 0.3) is 10.9 Å². The molecular formula is C12H17ClN2OSi. The lowest BCUT2D eigenvalue weighted by Gasteiger charge is -2.08. The van der Waals surface area contributed by atoms with Crippen LogP contribution in [0.4, 0.5) is 0 Å². The maximum absolute atomic E-state index is 6.01. The predicted octanol–water partition coefficient (Wildman–Crippen LogP) is 3.15. The average molecular weight is 269 g/mol. The van der Waals surface area contributed by atoms with Gasteiger partial charge in [0.15, 0.2) is 0 Å². The second-order valence-electron chi connectivity index (χ2n) is 4.54. The molecular weight excluding hydrogens is 252 g/mol. The first-order valence-corrected chi connectivity index (χ1v) is 9.36. The lowest BCUT2D eigenvalue weighted by atomic mass is 10.3. The Morgan fingerprint density at radius 3 is 3.00 bits per heavy atom. The lowest BCUT2D eigenvalue weighted by molar-refractivity contribution is 0.0906. The van der Waals surface area contributed by atoms with E-state index in [0.29, 0.717) is 11.9 Å². The SMILES string of the molecule is C[SiH](C)CCOCn1ccc2c(Cl)nccc21. The van der Waals surface area contributed by atoms with E-state index >= 15 is 0 Å². The predicted molar refractivity (Wildman–Crippen MR) is 74.4 cm³/mol. The van der Waals surface area contributed by atoms with Crippen molar-refractivity contribution in [1.29, 1.82) is 0 Å². The Labute approximate surface area is 108 Å². The third-order valence-corrected chi connectivity index (χ3v) is 4.41. The van der Waals surface area contributed by atoms with Crippen LogP contribution >= 0.6 is 11.6 Å². The highest BCUT2D eigenvalue weighted by molar-refractivity contribution is 6.55. The van der Waals surface area contributed by atoms with Gasteiger partial charge in [0.2, 0.25) is 0 Å². The highest BCUT2D eigenvalue weighted by Gasteiger charge is 2.04. The summed E-state index contributed by atoms with van der Waals surface area (Å²) in [5.74, 6) is 0. The van der Waals surface area contributed by atoms with Crippen LogP contribution in [0.15, 0.2) is 24.5 Å². The molecule has 2 aromatic rings. The molecule has 0 amide bonds. The van der Waals surface area contributed by atoms with E-state index in [1.807, 2.05) is 18.3 Å². The summed E-state index contributed by atoms with van der Waals surface area (Å²) in [6, 6.07) is 5.16. The fraction of sp³-hybridized carbons (Fsp3) is 0.417. The molecule has 2 rings (SSSR count). The van der Waals surface area contributed by atoms with Gasteiger partial charge in [0.05, 0.1) is 5.52 Å². The van der Waals surface area contributed by atoms with E-state index < -0.39 is 8.80 Å². The molecule has 3 nitrogen and oxygen atoms in total. The van der Waals surface area contributed by atoms with E-state index in [-0.39, 0.29) is 0 Å². The second-order valence-corrected chi connectivity index (χ2v) is 8.26. The Balaban J connectivity index is 2.02. The molecule has 17 heavy (non-hydrogen) atoms. The monoisotopic (exact) mass is 268 g/mol. The molecule has 0 fully saturated rings. The molecule has 0 aliphatic rings. The van der Waals surface area contributed by atoms with Crippen LogP contribution in [0.5, 0.6) is 0 Å². The normalized spacial score (nSPS) is 11.5. The summed E-state index contributed by atoms with van der Waals surface area (Å²) in [4.78, 5) is 4.06. The van der Waals surface area contributed by atoms with Gasteiger partial charge in [-0.3, -0.25) is 0 Å². The van der Waals surface area contributed by atoms with Gasteiger partial charge in [0, 0.05) is 33.2 Å². The summed E-state index contributed by atoms with van der Waals surface area (Å²) in [7, 11) is -0.504. The van der Waals surface area contributed by atoms with E-state index in [4.69, 9.17) is 16.3 Å². The lowest BCUT2D eigenvalue weighted by Crippen LogP contribution is -2.07. The number of fused-ring (bicyclic) bond motifs is 1. The third kappa shape index (κ3) is 3.09. The Kier molecular flexibility index (Phi) is 4.20. The van der Waals surface area contributed by atoms with Gasteiger partial charge in [-0.25, -0.2) is 4.98 Å². The summed E-state index contributed by atoms with van der Waals surface area (Å²) in [5, 5.41) is 1.53. The standard InChI is InChI=1S/C12H17ClN2OSi/c1-17(2)8-7-16-9-15-6-4-10-11(15)3-5-14-12(10)13/h3-6,17H,7-9H2,1-2H3. The topological polar surface area (TPSA) is 27.1 Å². The first kappa shape index (κ1) is 12.6. The third-order valence-electron chi connectivity index (χ3n) is 2.72. The Hall–Kier alpha value is -0.843. The fourth-order valence-corrected chi connectivity index (χ4v) is 2.54. The van der Waals surface area contributed by atoms with Crippen molar-refractivity contribution < 1.29 is 4.74 Å². The van der Waals surface area contributed by atoms with E-state index in [2.05, 4.69) is 22.6 Å². The Morgan fingerprint density at radius 2 is 2.24 bits per heavy atom. The number of pyridine rings is 1. The van der Waals surface area contributed by atoms with Gasteiger partial charge < -0.3 is 9.30 Å². The number of hydrogen-bond donors (Lipinski definition) is 0. The first-order chi connectivity index (χ1) is 8.18. The molecule has 0 saturated carbocycles. The number of hydrogen-bond acceptors (Lipinski definition) is 2. The van der Waals surface area contributed by atoms with Gasteiger partial charge in [0.25, 0.3) is 0 Å². The highest BCUT2D eigenvalue weighted by atomic mass is 35.5. The first-order valence-electron chi connectivity index (χ1n) is 5.85. The van der Waals surface area contributed by atoms with Crippen LogP contribution in [-0.2, 0) is 11.5 Å². The van der Waals surface area contributed by atoms with Crippen molar-refractivity contribution in [3.8, 4) is 0 Å². The molecule has 92 valence electrons. The van der Waals surface area contributed by atoms with Crippen molar-refractivity contribution in [2.45, 2.75) is 25.9 Å². The molecule has 0 aliphatic heterocycles. The van der Waals surface area contributed by atoms with Crippen LogP contribution in [-0.4, -0.2) is 25.0 Å².